The number of sulfone groups is 1. The summed E-state index contributed by atoms with van der Waals surface area (Å²) in [7, 11) is -3.13. The summed E-state index contributed by atoms with van der Waals surface area (Å²) >= 11 is 0. The van der Waals surface area contributed by atoms with Crippen molar-refractivity contribution in [3.05, 3.63) is 24.3 Å². The second-order valence-electron chi connectivity index (χ2n) is 5.19. The molecule has 0 aromatic heterocycles. The number of amides is 1. The number of anilines is 2. The first-order valence-corrected chi connectivity index (χ1v) is 8.56. The number of carbonyl (C=O) groups is 1. The summed E-state index contributed by atoms with van der Waals surface area (Å²) in [6.07, 6.45) is 3.43. The molecular formula is C14H20N2O3S. The maximum absolute atomic E-state index is 12.0. The summed E-state index contributed by atoms with van der Waals surface area (Å²) in [6.45, 7) is 0. The van der Waals surface area contributed by atoms with Gasteiger partial charge < -0.3 is 11.1 Å². The third-order valence-corrected chi connectivity index (χ3v) is 5.88. The molecule has 5 nitrogen and oxygen atoms in total. The molecule has 1 saturated carbocycles. The van der Waals surface area contributed by atoms with Gasteiger partial charge in [0, 0.05) is 17.8 Å². The van der Waals surface area contributed by atoms with E-state index < -0.39 is 9.84 Å². The third kappa shape index (κ3) is 3.96. The zero-order valence-electron chi connectivity index (χ0n) is 11.3. The van der Waals surface area contributed by atoms with Gasteiger partial charge in [0.1, 0.15) is 0 Å². The Hall–Kier alpha value is -1.56. The summed E-state index contributed by atoms with van der Waals surface area (Å²) in [6, 6.07) is 6.76. The van der Waals surface area contributed by atoms with Crippen LogP contribution in [0.15, 0.2) is 24.3 Å². The van der Waals surface area contributed by atoms with Crippen molar-refractivity contribution < 1.29 is 13.2 Å². The van der Waals surface area contributed by atoms with Crippen molar-refractivity contribution in [2.24, 2.45) is 0 Å². The zero-order valence-corrected chi connectivity index (χ0v) is 12.2. The number of nitrogen functional groups attached to an aromatic ring is 1. The lowest BCUT2D eigenvalue weighted by Crippen LogP contribution is -2.24. The Kier molecular flexibility index (Phi) is 4.65. The highest BCUT2D eigenvalue weighted by Gasteiger charge is 2.28. The molecule has 20 heavy (non-hydrogen) atoms. The number of nitrogens with two attached hydrogens (primary N) is 1. The van der Waals surface area contributed by atoms with Crippen molar-refractivity contribution in [2.45, 2.75) is 37.4 Å². The lowest BCUT2D eigenvalue weighted by atomic mass is 10.3. The molecule has 0 aliphatic heterocycles. The van der Waals surface area contributed by atoms with E-state index >= 15 is 0 Å². The molecule has 2 rings (SSSR count). The van der Waals surface area contributed by atoms with Gasteiger partial charge in [-0.25, -0.2) is 8.42 Å². The molecule has 110 valence electrons. The van der Waals surface area contributed by atoms with Crippen LogP contribution in [0.4, 0.5) is 11.4 Å². The first-order valence-electron chi connectivity index (χ1n) is 6.84. The Morgan fingerprint density at radius 3 is 2.40 bits per heavy atom. The summed E-state index contributed by atoms with van der Waals surface area (Å²) in [5.74, 6) is -0.352. The van der Waals surface area contributed by atoms with Crippen LogP contribution in [0.2, 0.25) is 0 Å². The Morgan fingerprint density at radius 2 is 1.80 bits per heavy atom. The van der Waals surface area contributed by atoms with Crippen LogP contribution in [0.1, 0.15) is 32.1 Å². The number of benzene rings is 1. The van der Waals surface area contributed by atoms with Crippen LogP contribution in [0.3, 0.4) is 0 Å². The van der Waals surface area contributed by atoms with Gasteiger partial charge in [-0.2, -0.15) is 0 Å². The van der Waals surface area contributed by atoms with E-state index in [9.17, 15) is 13.2 Å². The number of rotatable bonds is 5. The van der Waals surface area contributed by atoms with Gasteiger partial charge in [-0.15, -0.1) is 0 Å². The molecule has 6 heteroatoms. The molecule has 1 aliphatic rings. The van der Waals surface area contributed by atoms with Gasteiger partial charge in [0.05, 0.1) is 11.0 Å². The SMILES string of the molecule is Nc1ccc(NC(=O)CCS(=O)(=O)C2CCCC2)cc1. The van der Waals surface area contributed by atoms with E-state index in [4.69, 9.17) is 5.73 Å². The van der Waals surface area contributed by atoms with Gasteiger partial charge in [-0.3, -0.25) is 4.79 Å². The van der Waals surface area contributed by atoms with Crippen molar-refractivity contribution in [2.75, 3.05) is 16.8 Å². The van der Waals surface area contributed by atoms with E-state index in [0.29, 0.717) is 11.4 Å². The van der Waals surface area contributed by atoms with Gasteiger partial charge in [0.2, 0.25) is 5.91 Å². The quantitative estimate of drug-likeness (QED) is 0.813. The molecule has 1 aliphatic carbocycles. The summed E-state index contributed by atoms with van der Waals surface area (Å²) < 4.78 is 24.1. The standard InChI is InChI=1S/C14H20N2O3S/c15-11-5-7-12(8-6-11)16-14(17)9-10-20(18,19)13-3-1-2-4-13/h5-8,13H,1-4,9-10,15H2,(H,16,17). The molecule has 1 aromatic rings. The highest BCUT2D eigenvalue weighted by atomic mass is 32.2. The maximum Gasteiger partial charge on any atom is 0.225 e. The number of hydrogen-bond donors (Lipinski definition) is 2. The van der Waals surface area contributed by atoms with Crippen LogP contribution in [0.25, 0.3) is 0 Å². The fourth-order valence-corrected chi connectivity index (χ4v) is 4.29. The average molecular weight is 296 g/mol. The molecule has 0 spiro atoms. The lowest BCUT2D eigenvalue weighted by molar-refractivity contribution is -0.115. The Labute approximate surface area is 119 Å². The molecule has 1 amide bonds. The number of nitrogens with one attached hydrogen (secondary N) is 1. The van der Waals surface area contributed by atoms with Crippen LogP contribution in [-0.2, 0) is 14.6 Å². The predicted octanol–water partition coefficient (Wildman–Crippen LogP) is 1.95. The van der Waals surface area contributed by atoms with Crippen LogP contribution in [0, 0.1) is 0 Å². The summed E-state index contributed by atoms with van der Waals surface area (Å²) in [5, 5.41) is 2.43. The highest BCUT2D eigenvalue weighted by Crippen LogP contribution is 2.25. The molecule has 0 radical (unpaired) electrons. The largest absolute Gasteiger partial charge is 0.399 e. The van der Waals surface area contributed by atoms with Gasteiger partial charge in [-0.05, 0) is 37.1 Å². The first-order chi connectivity index (χ1) is 9.47. The number of carbonyl (C=O) groups excluding carboxylic acids is 1. The van der Waals surface area contributed by atoms with Crippen LogP contribution < -0.4 is 11.1 Å². The normalized spacial score (nSPS) is 16.2. The predicted molar refractivity (Wildman–Crippen MR) is 80.1 cm³/mol. The van der Waals surface area contributed by atoms with Crippen molar-refractivity contribution in [3.63, 3.8) is 0 Å². The monoisotopic (exact) mass is 296 g/mol. The topological polar surface area (TPSA) is 89.3 Å². The minimum atomic E-state index is -3.13. The maximum atomic E-state index is 12.0. The Morgan fingerprint density at radius 1 is 1.20 bits per heavy atom. The van der Waals surface area contributed by atoms with Gasteiger partial charge in [0.15, 0.2) is 9.84 Å². The highest BCUT2D eigenvalue weighted by molar-refractivity contribution is 7.92. The van der Waals surface area contributed by atoms with Crippen molar-refractivity contribution in [1.29, 1.82) is 0 Å². The molecule has 0 atom stereocenters. The van der Waals surface area contributed by atoms with Crippen molar-refractivity contribution in [1.82, 2.24) is 0 Å². The first kappa shape index (κ1) is 14.8. The van der Waals surface area contributed by atoms with Crippen molar-refractivity contribution >= 4 is 27.1 Å². The fourth-order valence-electron chi connectivity index (χ4n) is 2.44. The fraction of sp³-hybridized carbons (Fsp3) is 0.500. The van der Waals surface area contributed by atoms with Crippen LogP contribution in [-0.4, -0.2) is 25.3 Å². The second-order valence-corrected chi connectivity index (χ2v) is 7.59. The van der Waals surface area contributed by atoms with Gasteiger partial charge in [-0.1, -0.05) is 12.8 Å². The Balaban J connectivity index is 1.84. The molecule has 0 bridgehead atoms. The van der Waals surface area contributed by atoms with Gasteiger partial charge in [0.25, 0.3) is 0 Å². The molecule has 0 saturated heterocycles. The molecule has 0 heterocycles. The Bertz CT molecular complexity index is 561. The molecule has 3 N–H and O–H groups in total. The summed E-state index contributed by atoms with van der Waals surface area (Å²) in [5.41, 5.74) is 6.80. The zero-order chi connectivity index (χ0) is 14.6. The molecule has 0 unspecified atom stereocenters. The van der Waals surface area contributed by atoms with E-state index in [1.54, 1.807) is 24.3 Å². The third-order valence-electron chi connectivity index (χ3n) is 3.62. The summed E-state index contributed by atoms with van der Waals surface area (Å²) in [4.78, 5) is 11.8. The smallest absolute Gasteiger partial charge is 0.225 e. The minimum absolute atomic E-state index is 0.00318. The van der Waals surface area contributed by atoms with Crippen LogP contribution >= 0.6 is 0 Å². The van der Waals surface area contributed by atoms with Crippen molar-refractivity contribution in [3.8, 4) is 0 Å². The van der Waals surface area contributed by atoms with Gasteiger partial charge >= 0.3 is 0 Å². The van der Waals surface area contributed by atoms with E-state index in [0.717, 1.165) is 25.7 Å². The number of hydrogen-bond acceptors (Lipinski definition) is 4. The average Bonchev–Trinajstić information content (AvgIpc) is 2.94. The molecule has 1 fully saturated rings. The lowest BCUT2D eigenvalue weighted by Gasteiger charge is -2.11. The second kappa shape index (κ2) is 6.26. The van der Waals surface area contributed by atoms with E-state index in [1.807, 2.05) is 0 Å². The molecule has 1 aromatic carbocycles. The van der Waals surface area contributed by atoms with E-state index in [2.05, 4.69) is 5.32 Å². The molecular weight excluding hydrogens is 276 g/mol. The van der Waals surface area contributed by atoms with E-state index in [1.165, 1.54) is 0 Å². The minimum Gasteiger partial charge on any atom is -0.399 e. The van der Waals surface area contributed by atoms with Crippen LogP contribution in [0.5, 0.6) is 0 Å². The van der Waals surface area contributed by atoms with E-state index in [-0.39, 0.29) is 23.3 Å².